The molecule has 0 bridgehead atoms. The third-order valence-corrected chi connectivity index (χ3v) is 8.12. The van der Waals surface area contributed by atoms with E-state index in [-0.39, 0.29) is 0 Å². The molecule has 45 heavy (non-hydrogen) atoms. The number of benzene rings is 2. The number of imidazole rings is 1. The molecule has 4 rings (SSSR count). The molecule has 0 aliphatic carbocycles. The number of H-pyrrole nitrogens is 1. The van der Waals surface area contributed by atoms with Gasteiger partial charge >= 0.3 is 0 Å². The zero-order chi connectivity index (χ0) is 31.9. The number of unbranched alkanes of at least 4 members (excludes halogenated alkanes) is 1. The van der Waals surface area contributed by atoms with Crippen LogP contribution in [0.1, 0.15) is 37.1 Å². The Bertz CT molecular complexity index is 1360. The topological polar surface area (TPSA) is 105 Å². The molecule has 0 spiro atoms. The molecule has 10 nitrogen and oxygen atoms in total. The Kier molecular flexibility index (Phi) is 13.9. The molecule has 3 N–H and O–H groups in total. The molecule has 10 heteroatoms. The van der Waals surface area contributed by atoms with E-state index in [1.165, 1.54) is 6.42 Å². The van der Waals surface area contributed by atoms with E-state index in [2.05, 4.69) is 80.7 Å². The Morgan fingerprint density at radius 1 is 1.02 bits per heavy atom. The van der Waals surface area contributed by atoms with Gasteiger partial charge in [0.1, 0.15) is 19.0 Å². The Hall–Kier alpha value is -3.70. The van der Waals surface area contributed by atoms with E-state index in [4.69, 9.17) is 18.9 Å². The zero-order valence-corrected chi connectivity index (χ0v) is 27.4. The smallest absolute Gasteiger partial charge is 0.171 e. The van der Waals surface area contributed by atoms with Crippen molar-refractivity contribution in [2.45, 2.75) is 38.1 Å². The molecule has 2 aromatic carbocycles. The molecule has 244 valence electrons. The van der Waals surface area contributed by atoms with E-state index in [1.54, 1.807) is 20.4 Å². The van der Waals surface area contributed by atoms with Gasteiger partial charge in [0, 0.05) is 50.6 Å². The van der Waals surface area contributed by atoms with Crippen molar-refractivity contribution in [1.82, 2.24) is 25.5 Å². The molecule has 1 saturated heterocycles. The van der Waals surface area contributed by atoms with Crippen LogP contribution >= 0.6 is 0 Å². The highest BCUT2D eigenvalue weighted by Gasteiger charge is 2.24. The van der Waals surface area contributed by atoms with Gasteiger partial charge in [-0.15, -0.1) is 0 Å². The molecule has 3 aromatic rings. The number of methoxy groups -OCH3 is 2. The van der Waals surface area contributed by atoms with Crippen molar-refractivity contribution in [2.75, 3.05) is 74.4 Å². The summed E-state index contributed by atoms with van der Waals surface area (Å²) in [5.41, 5.74) is 5.69. The Balaban J connectivity index is 1.65. The number of rotatable bonds is 20. The molecule has 1 fully saturated rings. The molecular formula is C35H50N6O4. The van der Waals surface area contributed by atoms with Crippen molar-refractivity contribution in [3.63, 3.8) is 0 Å². The molecule has 1 atom stereocenters. The van der Waals surface area contributed by atoms with Crippen molar-refractivity contribution in [2.24, 2.45) is 4.99 Å². The lowest BCUT2D eigenvalue weighted by atomic mass is 9.98. The Labute approximate surface area is 268 Å². The lowest BCUT2D eigenvalue weighted by Crippen LogP contribution is -2.34. The number of likely N-dealkylation sites (tertiary alicyclic amines) is 1. The maximum absolute atomic E-state index is 6.41. The van der Waals surface area contributed by atoms with E-state index in [0.717, 1.165) is 84.8 Å². The number of hydrogen-bond acceptors (Lipinski definition) is 9. The normalized spacial score (nSPS) is 15.4. The lowest BCUT2D eigenvalue weighted by Gasteiger charge is -2.24. The average Bonchev–Trinajstić information content (AvgIpc) is 3.71. The largest absolute Gasteiger partial charge is 0.487 e. The van der Waals surface area contributed by atoms with Gasteiger partial charge in [0.05, 0.1) is 30.8 Å². The summed E-state index contributed by atoms with van der Waals surface area (Å²) in [5.74, 6) is 2.29. The molecular weight excluding hydrogens is 568 g/mol. The number of nitrogens with zero attached hydrogens (tertiary/aromatic N) is 3. The fraction of sp³-hybridized carbons (Fsp3) is 0.486. The zero-order valence-electron chi connectivity index (χ0n) is 27.4. The van der Waals surface area contributed by atoms with Gasteiger partial charge in [-0.2, -0.15) is 0 Å². The fourth-order valence-corrected chi connectivity index (χ4v) is 5.57. The first kappa shape index (κ1) is 34.2. The fourth-order valence-electron chi connectivity index (χ4n) is 5.57. The van der Waals surface area contributed by atoms with Crippen LogP contribution in [-0.4, -0.2) is 102 Å². The number of aliphatic imine (C=N–C) groups is 1. The summed E-state index contributed by atoms with van der Waals surface area (Å²) in [7, 11) is 7.49. The number of ether oxygens (including phenoxy) is 4. The van der Waals surface area contributed by atoms with Crippen LogP contribution in [0.5, 0.6) is 11.5 Å². The first-order valence-electron chi connectivity index (χ1n) is 15.9. The van der Waals surface area contributed by atoms with Gasteiger partial charge in [0.15, 0.2) is 11.5 Å². The molecule has 2 heterocycles. The van der Waals surface area contributed by atoms with Crippen molar-refractivity contribution >= 4 is 12.4 Å². The number of aryl methyl sites for hydroxylation is 1. The van der Waals surface area contributed by atoms with Crippen LogP contribution in [0.25, 0.3) is 28.1 Å². The van der Waals surface area contributed by atoms with E-state index < -0.39 is 0 Å². The second-order valence-electron chi connectivity index (χ2n) is 11.3. The number of nitrogens with one attached hydrogen (secondary N) is 3. The molecule has 1 unspecified atom stereocenters. The van der Waals surface area contributed by atoms with Gasteiger partial charge in [-0.05, 0) is 82.8 Å². The first-order chi connectivity index (χ1) is 22.1. The number of hydrogen-bond donors (Lipinski definition) is 3. The quantitative estimate of drug-likeness (QED) is 0.120. The predicted octanol–water partition coefficient (Wildman–Crippen LogP) is 5.02. The van der Waals surface area contributed by atoms with Crippen LogP contribution < -0.4 is 20.1 Å². The third kappa shape index (κ3) is 9.64. The molecule has 1 aliphatic rings. The maximum Gasteiger partial charge on any atom is 0.171 e. The predicted molar refractivity (Wildman–Crippen MR) is 182 cm³/mol. The summed E-state index contributed by atoms with van der Waals surface area (Å²) in [6.07, 6.45) is 9.18. The van der Waals surface area contributed by atoms with Gasteiger partial charge < -0.3 is 39.5 Å². The lowest BCUT2D eigenvalue weighted by molar-refractivity contribution is 0.132. The minimum absolute atomic E-state index is 0.365. The van der Waals surface area contributed by atoms with Crippen LogP contribution in [-0.2, 0) is 15.9 Å². The molecule has 0 amide bonds. The Morgan fingerprint density at radius 3 is 2.42 bits per heavy atom. The minimum Gasteiger partial charge on any atom is -0.487 e. The van der Waals surface area contributed by atoms with Crippen molar-refractivity contribution in [1.29, 1.82) is 0 Å². The van der Waals surface area contributed by atoms with Crippen molar-refractivity contribution in [3.8, 4) is 33.9 Å². The van der Waals surface area contributed by atoms with E-state index in [1.807, 2.05) is 13.2 Å². The highest BCUT2D eigenvalue weighted by atomic mass is 16.5. The van der Waals surface area contributed by atoms with Crippen LogP contribution in [0, 0.1) is 0 Å². The van der Waals surface area contributed by atoms with Gasteiger partial charge in [-0.3, -0.25) is 4.99 Å². The number of likely N-dealkylation sites (N-methyl/N-ethyl adjacent to an activating group) is 1. The molecule has 1 aliphatic heterocycles. The van der Waals surface area contributed by atoms with Crippen LogP contribution in [0.3, 0.4) is 0 Å². The second kappa shape index (κ2) is 18.3. The summed E-state index contributed by atoms with van der Waals surface area (Å²) in [6, 6.07) is 13.0. The SMILES string of the molecule is C=N/C=C(\NCC1CCCN1C)c1ccc(-c2ccc(-c3cnc(CCCCNC)[nH]3)cc2)c(OCCOC)c1OCCOC. The van der Waals surface area contributed by atoms with Crippen molar-refractivity contribution in [3.05, 3.63) is 60.2 Å². The first-order valence-corrected chi connectivity index (χ1v) is 15.9. The monoisotopic (exact) mass is 618 g/mol. The summed E-state index contributed by atoms with van der Waals surface area (Å²) in [5, 5.41) is 6.82. The van der Waals surface area contributed by atoms with E-state index in [0.29, 0.717) is 44.0 Å². The summed E-state index contributed by atoms with van der Waals surface area (Å²) >= 11 is 0. The molecule has 1 aromatic heterocycles. The van der Waals surface area contributed by atoms with Crippen LogP contribution in [0.15, 0.2) is 53.8 Å². The third-order valence-electron chi connectivity index (χ3n) is 8.12. The van der Waals surface area contributed by atoms with Crippen LogP contribution in [0.2, 0.25) is 0 Å². The highest BCUT2D eigenvalue weighted by molar-refractivity contribution is 5.82. The summed E-state index contributed by atoms with van der Waals surface area (Å²) in [4.78, 5) is 14.6. The average molecular weight is 619 g/mol. The van der Waals surface area contributed by atoms with Gasteiger partial charge in [-0.1, -0.05) is 24.3 Å². The van der Waals surface area contributed by atoms with Gasteiger partial charge in [-0.25, -0.2) is 4.98 Å². The maximum atomic E-state index is 6.41. The summed E-state index contributed by atoms with van der Waals surface area (Å²) in [6.45, 7) is 8.28. The van der Waals surface area contributed by atoms with E-state index in [9.17, 15) is 0 Å². The standard InChI is InChI=1S/C35H50N6O4/c1-36-17-7-6-10-33-39-25-31(40-33)27-13-11-26(12-14-27)29-15-16-30(32(24-37-2)38-23-28-9-8-18-41(28)3)35(45-22-20-43-5)34(29)44-21-19-42-4/h11-16,24-25,28,36,38H,2,6-10,17-23H2,1,3-5H3,(H,39,40)/b32-24-. The van der Waals surface area contributed by atoms with E-state index >= 15 is 0 Å². The van der Waals surface area contributed by atoms with Crippen molar-refractivity contribution < 1.29 is 18.9 Å². The van der Waals surface area contributed by atoms with Crippen LogP contribution in [0.4, 0.5) is 0 Å². The molecule has 0 radical (unpaired) electrons. The Morgan fingerprint density at radius 2 is 1.76 bits per heavy atom. The second-order valence-corrected chi connectivity index (χ2v) is 11.3. The number of aromatic amines is 1. The van der Waals surface area contributed by atoms with Gasteiger partial charge in [0.2, 0.25) is 0 Å². The number of aromatic nitrogens is 2. The van der Waals surface area contributed by atoms with Gasteiger partial charge in [0.25, 0.3) is 0 Å². The highest BCUT2D eigenvalue weighted by Crippen LogP contribution is 2.43. The molecule has 0 saturated carbocycles. The minimum atomic E-state index is 0.365. The summed E-state index contributed by atoms with van der Waals surface area (Å²) < 4.78 is 23.5.